The van der Waals surface area contributed by atoms with Gasteiger partial charge in [-0.3, -0.25) is 4.79 Å². The van der Waals surface area contributed by atoms with E-state index in [1.165, 1.54) is 7.11 Å². The summed E-state index contributed by atoms with van der Waals surface area (Å²) in [6, 6.07) is 0. The minimum Gasteiger partial charge on any atom is -0.468 e. The van der Waals surface area contributed by atoms with Crippen molar-refractivity contribution in [3.63, 3.8) is 0 Å². The molecular formula is C13H21F5O2S. The Hall–Kier alpha value is -0.530. The van der Waals surface area contributed by atoms with E-state index in [0.29, 0.717) is 6.42 Å². The molecule has 0 aromatic heterocycles. The number of unbranched alkanes of at least 4 members (excludes halogenated alkanes) is 1. The lowest BCUT2D eigenvalue weighted by Gasteiger charge is -2.20. The van der Waals surface area contributed by atoms with Crippen molar-refractivity contribution in [1.29, 1.82) is 0 Å². The van der Waals surface area contributed by atoms with E-state index in [1.807, 2.05) is 6.92 Å². The van der Waals surface area contributed by atoms with Crippen LogP contribution in [0, 0.1) is 0 Å². The molecular weight excluding hydrogens is 315 g/mol. The van der Waals surface area contributed by atoms with Crippen molar-refractivity contribution in [2.24, 2.45) is 0 Å². The standard InChI is InChI=1S/C13H21F5O2S/c1-3-4-6-9(12(19)20-2)21-8-5-7-13(17,18)10(14)11(15)16/h9-11H,3-8H2,1-2H3. The van der Waals surface area contributed by atoms with Gasteiger partial charge in [-0.05, 0) is 18.6 Å². The van der Waals surface area contributed by atoms with Crippen LogP contribution in [0.25, 0.3) is 0 Å². The molecule has 0 aliphatic heterocycles. The molecule has 0 fully saturated rings. The zero-order chi connectivity index (χ0) is 16.5. The van der Waals surface area contributed by atoms with Crippen LogP contribution < -0.4 is 0 Å². The number of halogens is 5. The predicted molar refractivity (Wildman–Crippen MR) is 72.9 cm³/mol. The highest BCUT2D eigenvalue weighted by atomic mass is 32.2. The van der Waals surface area contributed by atoms with Crippen LogP contribution in [0.4, 0.5) is 22.0 Å². The van der Waals surface area contributed by atoms with E-state index < -0.39 is 36.2 Å². The maximum absolute atomic E-state index is 13.1. The highest BCUT2D eigenvalue weighted by Crippen LogP contribution is 2.32. The van der Waals surface area contributed by atoms with E-state index >= 15 is 0 Å². The smallest absolute Gasteiger partial charge is 0.318 e. The van der Waals surface area contributed by atoms with Crippen LogP contribution in [-0.4, -0.2) is 42.6 Å². The highest BCUT2D eigenvalue weighted by molar-refractivity contribution is 8.00. The van der Waals surface area contributed by atoms with Crippen molar-refractivity contribution in [2.75, 3.05) is 12.9 Å². The maximum atomic E-state index is 13.1. The first-order valence-electron chi connectivity index (χ1n) is 6.75. The predicted octanol–water partition coefficient (Wildman–Crippen LogP) is 4.47. The third-order valence-corrected chi connectivity index (χ3v) is 4.24. The van der Waals surface area contributed by atoms with Crippen molar-refractivity contribution in [1.82, 2.24) is 0 Å². The first kappa shape index (κ1) is 20.5. The van der Waals surface area contributed by atoms with Gasteiger partial charge in [-0.15, -0.1) is 11.8 Å². The molecule has 2 atom stereocenters. The number of carbonyl (C=O) groups is 1. The number of rotatable bonds is 11. The fraction of sp³-hybridized carbons (Fsp3) is 0.923. The molecule has 0 spiro atoms. The normalized spacial score (nSPS) is 15.0. The number of thioether (sulfide) groups is 1. The molecule has 0 aliphatic rings. The van der Waals surface area contributed by atoms with E-state index in [0.717, 1.165) is 24.6 Å². The van der Waals surface area contributed by atoms with Crippen LogP contribution in [0.2, 0.25) is 0 Å². The van der Waals surface area contributed by atoms with Gasteiger partial charge in [0.2, 0.25) is 6.17 Å². The molecule has 21 heavy (non-hydrogen) atoms. The summed E-state index contributed by atoms with van der Waals surface area (Å²) in [5.41, 5.74) is 0. The topological polar surface area (TPSA) is 26.3 Å². The Morgan fingerprint density at radius 3 is 2.33 bits per heavy atom. The molecule has 0 heterocycles. The average molecular weight is 336 g/mol. The van der Waals surface area contributed by atoms with Gasteiger partial charge in [-0.2, -0.15) is 0 Å². The first-order chi connectivity index (χ1) is 9.76. The van der Waals surface area contributed by atoms with Crippen LogP contribution in [0.15, 0.2) is 0 Å². The second-order valence-corrected chi connectivity index (χ2v) is 5.94. The lowest BCUT2D eigenvalue weighted by molar-refractivity contribution is -0.140. The fourth-order valence-corrected chi connectivity index (χ4v) is 2.81. The Kier molecular flexibility index (Phi) is 9.98. The Morgan fingerprint density at radius 1 is 1.24 bits per heavy atom. The molecule has 2 nitrogen and oxygen atoms in total. The minimum atomic E-state index is -4.04. The quantitative estimate of drug-likeness (QED) is 0.316. The van der Waals surface area contributed by atoms with Gasteiger partial charge in [-0.25, -0.2) is 22.0 Å². The van der Waals surface area contributed by atoms with Gasteiger partial charge < -0.3 is 4.74 Å². The largest absolute Gasteiger partial charge is 0.468 e. The molecule has 0 N–H and O–H groups in total. The van der Waals surface area contributed by atoms with Gasteiger partial charge in [0.15, 0.2) is 0 Å². The number of carbonyl (C=O) groups excluding carboxylic acids is 1. The summed E-state index contributed by atoms with van der Waals surface area (Å²) in [6.45, 7) is 1.95. The number of hydrogen-bond acceptors (Lipinski definition) is 3. The molecule has 0 aliphatic carbocycles. The molecule has 0 aromatic rings. The summed E-state index contributed by atoms with van der Waals surface area (Å²) in [5, 5.41) is -0.458. The van der Waals surface area contributed by atoms with Crippen LogP contribution in [0.3, 0.4) is 0 Å². The summed E-state index contributed by atoms with van der Waals surface area (Å²) in [4.78, 5) is 11.5. The van der Waals surface area contributed by atoms with Crippen LogP contribution in [-0.2, 0) is 9.53 Å². The minimum absolute atomic E-state index is 0.148. The first-order valence-corrected chi connectivity index (χ1v) is 7.80. The summed E-state index contributed by atoms with van der Waals surface area (Å²) < 4.78 is 67.3. The van der Waals surface area contributed by atoms with Crippen molar-refractivity contribution < 1.29 is 31.5 Å². The van der Waals surface area contributed by atoms with Gasteiger partial charge >= 0.3 is 5.97 Å². The van der Waals surface area contributed by atoms with Crippen molar-refractivity contribution in [3.8, 4) is 0 Å². The summed E-state index contributed by atoms with van der Waals surface area (Å²) >= 11 is 1.14. The van der Waals surface area contributed by atoms with Crippen LogP contribution in [0.5, 0.6) is 0 Å². The number of ether oxygens (including phenoxy) is 1. The lowest BCUT2D eigenvalue weighted by Crippen LogP contribution is -2.35. The second-order valence-electron chi connectivity index (χ2n) is 4.63. The number of hydrogen-bond donors (Lipinski definition) is 0. The van der Waals surface area contributed by atoms with E-state index in [9.17, 15) is 26.7 Å². The number of esters is 1. The van der Waals surface area contributed by atoms with Crippen molar-refractivity contribution in [3.05, 3.63) is 0 Å². The molecule has 0 rings (SSSR count). The molecule has 0 bridgehead atoms. The zero-order valence-corrected chi connectivity index (χ0v) is 12.9. The Morgan fingerprint density at radius 2 is 1.86 bits per heavy atom. The number of methoxy groups -OCH3 is 1. The molecule has 0 aromatic carbocycles. The summed E-state index contributed by atoms with van der Waals surface area (Å²) in [5.74, 6) is -4.32. The zero-order valence-electron chi connectivity index (χ0n) is 12.1. The molecule has 0 amide bonds. The van der Waals surface area contributed by atoms with E-state index in [2.05, 4.69) is 4.74 Å². The van der Waals surface area contributed by atoms with Crippen molar-refractivity contribution >= 4 is 17.7 Å². The highest BCUT2D eigenvalue weighted by Gasteiger charge is 2.45. The summed E-state index contributed by atoms with van der Waals surface area (Å²) in [7, 11) is 1.24. The fourth-order valence-electron chi connectivity index (χ4n) is 1.65. The molecule has 8 heteroatoms. The second kappa shape index (κ2) is 10.2. The molecule has 0 saturated carbocycles. The van der Waals surface area contributed by atoms with Crippen molar-refractivity contribution in [2.45, 2.75) is 62.8 Å². The van der Waals surface area contributed by atoms with Gasteiger partial charge in [-0.1, -0.05) is 19.8 Å². The number of alkyl halides is 5. The van der Waals surface area contributed by atoms with Gasteiger partial charge in [0.05, 0.1) is 7.11 Å². The maximum Gasteiger partial charge on any atom is 0.318 e. The van der Waals surface area contributed by atoms with Gasteiger partial charge in [0.1, 0.15) is 5.25 Å². The lowest BCUT2D eigenvalue weighted by atomic mass is 10.1. The Bertz CT molecular complexity index is 302. The Labute approximate surface area is 125 Å². The molecule has 0 radical (unpaired) electrons. The third kappa shape index (κ3) is 7.87. The third-order valence-electron chi connectivity index (χ3n) is 2.88. The van der Waals surface area contributed by atoms with Gasteiger partial charge in [0.25, 0.3) is 12.3 Å². The van der Waals surface area contributed by atoms with Crippen LogP contribution in [0.1, 0.15) is 39.0 Å². The monoisotopic (exact) mass is 336 g/mol. The van der Waals surface area contributed by atoms with Gasteiger partial charge in [0, 0.05) is 6.42 Å². The average Bonchev–Trinajstić information content (AvgIpc) is 2.44. The van der Waals surface area contributed by atoms with E-state index in [4.69, 9.17) is 0 Å². The Balaban J connectivity index is 4.17. The molecule has 2 unspecified atom stereocenters. The molecule has 126 valence electrons. The van der Waals surface area contributed by atoms with Crippen LogP contribution >= 0.6 is 11.8 Å². The van der Waals surface area contributed by atoms with E-state index in [1.54, 1.807) is 0 Å². The summed E-state index contributed by atoms with van der Waals surface area (Å²) in [6.07, 6.45) is -6.02. The SMILES string of the molecule is CCCCC(SCCCC(F)(F)C(F)C(F)F)C(=O)OC. The molecule has 0 saturated heterocycles. The van der Waals surface area contributed by atoms with E-state index in [-0.39, 0.29) is 12.2 Å².